The van der Waals surface area contributed by atoms with E-state index in [1.807, 2.05) is 6.20 Å². The van der Waals surface area contributed by atoms with Crippen molar-refractivity contribution in [2.45, 2.75) is 18.8 Å². The van der Waals surface area contributed by atoms with Crippen molar-refractivity contribution in [2.24, 2.45) is 0 Å². The van der Waals surface area contributed by atoms with Crippen LogP contribution in [0.25, 0.3) is 5.95 Å². The largest absolute Gasteiger partial charge is 0.396 e. The highest BCUT2D eigenvalue weighted by molar-refractivity contribution is 5.45. The molecule has 15 heavy (non-hydrogen) atoms. The molecule has 1 aliphatic rings. The van der Waals surface area contributed by atoms with Crippen molar-refractivity contribution in [3.05, 3.63) is 30.6 Å². The van der Waals surface area contributed by atoms with Gasteiger partial charge >= 0.3 is 0 Å². The molecule has 2 aromatic heterocycles. The predicted molar refractivity (Wildman–Crippen MR) is 55.5 cm³/mol. The fourth-order valence-corrected chi connectivity index (χ4v) is 1.58. The molecule has 0 aliphatic heterocycles. The predicted octanol–water partition coefficient (Wildman–Crippen LogP) is 1.12. The topological polar surface area (TPSA) is 69.6 Å². The van der Waals surface area contributed by atoms with E-state index in [1.165, 1.54) is 12.8 Å². The lowest BCUT2D eigenvalue weighted by molar-refractivity contribution is 0.885. The summed E-state index contributed by atoms with van der Waals surface area (Å²) in [6.07, 6.45) is 9.26. The lowest BCUT2D eigenvalue weighted by Crippen LogP contribution is -2.04. The zero-order valence-electron chi connectivity index (χ0n) is 8.17. The molecule has 1 fully saturated rings. The van der Waals surface area contributed by atoms with Gasteiger partial charge in [-0.1, -0.05) is 0 Å². The third-order valence-corrected chi connectivity index (χ3v) is 2.53. The smallest absolute Gasteiger partial charge is 0.235 e. The van der Waals surface area contributed by atoms with E-state index in [4.69, 9.17) is 5.73 Å². The van der Waals surface area contributed by atoms with Gasteiger partial charge in [-0.3, -0.25) is 4.57 Å². The molecule has 2 aromatic rings. The summed E-state index contributed by atoms with van der Waals surface area (Å²) in [6.45, 7) is 0. The molecule has 3 rings (SSSR count). The Morgan fingerprint density at radius 1 is 1.40 bits per heavy atom. The molecule has 5 nitrogen and oxygen atoms in total. The summed E-state index contributed by atoms with van der Waals surface area (Å²) >= 11 is 0. The molecular weight excluding hydrogens is 190 g/mol. The molecule has 1 aliphatic carbocycles. The minimum absolute atomic E-state index is 0.537. The van der Waals surface area contributed by atoms with Gasteiger partial charge in [0.15, 0.2) is 0 Å². The Kier molecular flexibility index (Phi) is 1.71. The Morgan fingerprint density at radius 3 is 2.93 bits per heavy atom. The quantitative estimate of drug-likeness (QED) is 0.790. The van der Waals surface area contributed by atoms with Crippen LogP contribution >= 0.6 is 0 Å². The number of rotatable bonds is 2. The molecule has 0 bridgehead atoms. The molecule has 0 aromatic carbocycles. The summed E-state index contributed by atoms with van der Waals surface area (Å²) in [4.78, 5) is 12.6. The van der Waals surface area contributed by atoms with Gasteiger partial charge in [0.25, 0.3) is 0 Å². The van der Waals surface area contributed by atoms with Crippen LogP contribution in [0.15, 0.2) is 24.9 Å². The van der Waals surface area contributed by atoms with Crippen molar-refractivity contribution in [1.82, 2.24) is 19.5 Å². The fraction of sp³-hybridized carbons (Fsp3) is 0.300. The number of nitrogens with two attached hydrogens (primary N) is 1. The Morgan fingerprint density at radius 2 is 2.27 bits per heavy atom. The highest BCUT2D eigenvalue weighted by Crippen LogP contribution is 2.41. The van der Waals surface area contributed by atoms with E-state index in [0.717, 1.165) is 5.69 Å². The molecule has 0 saturated heterocycles. The number of hydrogen-bond acceptors (Lipinski definition) is 4. The van der Waals surface area contributed by atoms with Gasteiger partial charge < -0.3 is 5.73 Å². The number of imidazole rings is 1. The summed E-state index contributed by atoms with van der Waals surface area (Å²) < 4.78 is 1.78. The van der Waals surface area contributed by atoms with Crippen LogP contribution in [0.3, 0.4) is 0 Å². The van der Waals surface area contributed by atoms with Crippen LogP contribution in [-0.2, 0) is 0 Å². The maximum absolute atomic E-state index is 5.83. The van der Waals surface area contributed by atoms with E-state index in [9.17, 15) is 0 Å². The van der Waals surface area contributed by atoms with Crippen LogP contribution < -0.4 is 5.73 Å². The van der Waals surface area contributed by atoms with E-state index >= 15 is 0 Å². The van der Waals surface area contributed by atoms with Crippen LogP contribution in [-0.4, -0.2) is 19.5 Å². The van der Waals surface area contributed by atoms with Crippen LogP contribution in [0.1, 0.15) is 24.5 Å². The molecule has 0 radical (unpaired) electrons. The zero-order chi connectivity index (χ0) is 10.3. The number of aromatic nitrogens is 4. The summed E-state index contributed by atoms with van der Waals surface area (Å²) in [5, 5.41) is 0. The molecule has 0 unspecified atom stereocenters. The lowest BCUT2D eigenvalue weighted by Gasteiger charge is -2.05. The maximum atomic E-state index is 5.83. The minimum atomic E-state index is 0.537. The zero-order valence-corrected chi connectivity index (χ0v) is 8.17. The summed E-state index contributed by atoms with van der Waals surface area (Å²) in [6, 6.07) is 0. The van der Waals surface area contributed by atoms with Crippen molar-refractivity contribution < 1.29 is 0 Å². The Balaban J connectivity index is 2.06. The number of nitrogens with zero attached hydrogens (tertiary/aromatic N) is 4. The molecule has 5 heteroatoms. The number of nitrogen functional groups attached to an aromatic ring is 1. The summed E-state index contributed by atoms with van der Waals surface area (Å²) in [7, 11) is 0. The van der Waals surface area contributed by atoms with Crippen LogP contribution in [0.5, 0.6) is 0 Å². The first-order valence-electron chi connectivity index (χ1n) is 4.95. The first-order chi connectivity index (χ1) is 7.34. The van der Waals surface area contributed by atoms with Gasteiger partial charge in [-0.15, -0.1) is 0 Å². The van der Waals surface area contributed by atoms with E-state index in [2.05, 4.69) is 15.0 Å². The van der Waals surface area contributed by atoms with E-state index in [0.29, 0.717) is 17.6 Å². The van der Waals surface area contributed by atoms with Gasteiger partial charge in [0.05, 0.1) is 17.6 Å². The van der Waals surface area contributed by atoms with Gasteiger partial charge in [0.1, 0.15) is 6.33 Å². The van der Waals surface area contributed by atoms with Gasteiger partial charge in [-0.2, -0.15) is 0 Å². The Bertz CT molecular complexity index is 473. The van der Waals surface area contributed by atoms with Gasteiger partial charge in [0, 0.05) is 18.3 Å². The van der Waals surface area contributed by atoms with E-state index in [-0.39, 0.29) is 0 Å². The van der Waals surface area contributed by atoms with E-state index in [1.54, 1.807) is 23.3 Å². The van der Waals surface area contributed by atoms with Gasteiger partial charge in [0.2, 0.25) is 5.95 Å². The van der Waals surface area contributed by atoms with Gasteiger partial charge in [-0.25, -0.2) is 15.0 Å². The summed E-state index contributed by atoms with van der Waals surface area (Å²) in [5.74, 6) is 1.18. The van der Waals surface area contributed by atoms with Crippen molar-refractivity contribution in [3.63, 3.8) is 0 Å². The summed E-state index contributed by atoms with van der Waals surface area (Å²) in [5.41, 5.74) is 7.51. The highest BCUT2D eigenvalue weighted by atomic mass is 15.2. The molecule has 0 amide bonds. The molecule has 76 valence electrons. The van der Waals surface area contributed by atoms with E-state index < -0.39 is 0 Å². The van der Waals surface area contributed by atoms with Crippen LogP contribution in [0.4, 0.5) is 5.69 Å². The monoisotopic (exact) mass is 201 g/mol. The fourth-order valence-electron chi connectivity index (χ4n) is 1.58. The lowest BCUT2D eigenvalue weighted by atomic mass is 10.2. The van der Waals surface area contributed by atoms with Crippen LogP contribution in [0.2, 0.25) is 0 Å². The molecule has 1 saturated carbocycles. The second-order valence-corrected chi connectivity index (χ2v) is 3.75. The molecule has 0 atom stereocenters. The Labute approximate surface area is 87.0 Å². The number of anilines is 1. The average Bonchev–Trinajstić information content (AvgIpc) is 2.94. The Hall–Kier alpha value is -1.91. The first-order valence-corrected chi connectivity index (χ1v) is 4.95. The minimum Gasteiger partial charge on any atom is -0.396 e. The van der Waals surface area contributed by atoms with Crippen molar-refractivity contribution in [3.8, 4) is 5.95 Å². The first kappa shape index (κ1) is 8.40. The SMILES string of the molecule is Nc1cnc(-n2ccnc2)nc1C1CC1. The maximum Gasteiger partial charge on any atom is 0.235 e. The normalized spacial score (nSPS) is 15.5. The second kappa shape index (κ2) is 3.05. The standard InChI is InChI=1S/C10H11N5/c11-8-5-13-10(15-4-3-12-6-15)14-9(8)7-1-2-7/h3-7H,1-2,11H2. The molecular formula is C10H11N5. The van der Waals surface area contributed by atoms with Crippen molar-refractivity contribution >= 4 is 5.69 Å². The molecule has 0 spiro atoms. The van der Waals surface area contributed by atoms with Gasteiger partial charge in [-0.05, 0) is 12.8 Å². The average molecular weight is 201 g/mol. The number of hydrogen-bond donors (Lipinski definition) is 1. The highest BCUT2D eigenvalue weighted by Gasteiger charge is 2.27. The third-order valence-electron chi connectivity index (χ3n) is 2.53. The molecule has 2 N–H and O–H groups in total. The third kappa shape index (κ3) is 1.45. The van der Waals surface area contributed by atoms with Crippen LogP contribution in [0, 0.1) is 0 Å². The van der Waals surface area contributed by atoms with Crippen molar-refractivity contribution in [2.75, 3.05) is 5.73 Å². The molecule has 2 heterocycles. The van der Waals surface area contributed by atoms with Crippen molar-refractivity contribution in [1.29, 1.82) is 0 Å². The second-order valence-electron chi connectivity index (χ2n) is 3.75.